The van der Waals surface area contributed by atoms with Gasteiger partial charge in [-0.1, -0.05) is 42.4 Å². The fourth-order valence-corrected chi connectivity index (χ4v) is 3.95. The maximum Gasteiger partial charge on any atom is 0.262 e. The number of carbonyl (C=O) groups is 1. The van der Waals surface area contributed by atoms with Gasteiger partial charge in [0.2, 0.25) is 5.91 Å². The summed E-state index contributed by atoms with van der Waals surface area (Å²) in [6.45, 7) is 5.93. The van der Waals surface area contributed by atoms with Gasteiger partial charge < -0.3 is 5.32 Å². The lowest BCUT2D eigenvalue weighted by Gasteiger charge is -2.16. The number of nitrogens with zero attached hydrogens (tertiary/aromatic N) is 2. The van der Waals surface area contributed by atoms with E-state index in [1.54, 1.807) is 22.8 Å². The third-order valence-electron chi connectivity index (χ3n) is 4.33. The number of hydrogen-bond donors (Lipinski definition) is 1. The molecule has 146 valence electrons. The van der Waals surface area contributed by atoms with E-state index in [0.717, 1.165) is 12.1 Å². The molecule has 0 aliphatic carbocycles. The molecule has 0 radical (unpaired) electrons. The van der Waals surface area contributed by atoms with Gasteiger partial charge in [-0.25, -0.2) is 4.98 Å². The fraction of sp³-hybridized carbons (Fsp3) is 0.286. The van der Waals surface area contributed by atoms with Gasteiger partial charge in [-0.2, -0.15) is 0 Å². The van der Waals surface area contributed by atoms with Gasteiger partial charge in [0.15, 0.2) is 5.16 Å². The van der Waals surface area contributed by atoms with E-state index in [-0.39, 0.29) is 23.3 Å². The lowest BCUT2D eigenvalue weighted by molar-refractivity contribution is -0.113. The van der Waals surface area contributed by atoms with Gasteiger partial charge in [0.25, 0.3) is 5.56 Å². The van der Waals surface area contributed by atoms with E-state index < -0.39 is 0 Å². The van der Waals surface area contributed by atoms with Crippen molar-refractivity contribution in [1.82, 2.24) is 9.55 Å². The second-order valence-electron chi connectivity index (χ2n) is 6.71. The lowest BCUT2D eigenvalue weighted by Crippen LogP contribution is -2.25. The van der Waals surface area contributed by atoms with Gasteiger partial charge in [-0.3, -0.25) is 14.2 Å². The average molecular weight is 416 g/mol. The number of benzene rings is 2. The molecule has 1 N–H and O–H groups in total. The molecule has 1 heterocycles. The molecule has 3 aromatic rings. The second kappa shape index (κ2) is 8.80. The van der Waals surface area contributed by atoms with E-state index in [9.17, 15) is 9.59 Å². The predicted molar refractivity (Wildman–Crippen MR) is 117 cm³/mol. The first kappa shape index (κ1) is 20.4. The molecule has 1 aromatic heterocycles. The Morgan fingerprint density at radius 3 is 2.57 bits per heavy atom. The Morgan fingerprint density at radius 1 is 1.21 bits per heavy atom. The van der Waals surface area contributed by atoms with Crippen molar-refractivity contribution in [3.05, 3.63) is 63.4 Å². The summed E-state index contributed by atoms with van der Waals surface area (Å²) in [6.07, 6.45) is 0.953. The number of aromatic nitrogens is 2. The van der Waals surface area contributed by atoms with Crippen molar-refractivity contribution in [3.63, 3.8) is 0 Å². The van der Waals surface area contributed by atoms with Crippen molar-refractivity contribution in [2.24, 2.45) is 0 Å². The molecule has 0 aliphatic heterocycles. The minimum Gasteiger partial charge on any atom is -0.325 e. The third-order valence-corrected chi connectivity index (χ3v) is 5.51. The van der Waals surface area contributed by atoms with Crippen LogP contribution < -0.4 is 10.9 Å². The molecule has 0 atom stereocenters. The van der Waals surface area contributed by atoms with Crippen LogP contribution in [0, 0.1) is 0 Å². The van der Waals surface area contributed by atoms with E-state index in [4.69, 9.17) is 11.6 Å². The minimum atomic E-state index is -0.148. The number of carbonyl (C=O) groups excluding carboxylic acids is 1. The highest BCUT2D eigenvalue weighted by molar-refractivity contribution is 7.99. The van der Waals surface area contributed by atoms with Crippen molar-refractivity contribution in [2.45, 2.75) is 38.4 Å². The van der Waals surface area contributed by atoms with E-state index in [1.807, 2.05) is 38.1 Å². The number of amides is 1. The Bertz CT molecular complexity index is 1060. The molecule has 5 nitrogen and oxygen atoms in total. The second-order valence-corrected chi connectivity index (χ2v) is 8.09. The van der Waals surface area contributed by atoms with Gasteiger partial charge >= 0.3 is 0 Å². The molecule has 0 unspecified atom stereocenters. The van der Waals surface area contributed by atoms with Crippen LogP contribution in [0.5, 0.6) is 0 Å². The molecule has 0 aliphatic rings. The van der Waals surface area contributed by atoms with Crippen LogP contribution in [0.25, 0.3) is 10.9 Å². The number of anilines is 1. The summed E-state index contributed by atoms with van der Waals surface area (Å²) in [7, 11) is 0. The van der Waals surface area contributed by atoms with E-state index >= 15 is 0 Å². The monoisotopic (exact) mass is 415 g/mol. The number of thioether (sulfide) groups is 1. The quantitative estimate of drug-likeness (QED) is 0.458. The van der Waals surface area contributed by atoms with Gasteiger partial charge in [0, 0.05) is 16.8 Å². The van der Waals surface area contributed by atoms with Gasteiger partial charge in [-0.15, -0.1) is 0 Å². The first-order valence-corrected chi connectivity index (χ1v) is 10.5. The van der Waals surface area contributed by atoms with Crippen LogP contribution in [0.4, 0.5) is 5.69 Å². The number of nitrogens with one attached hydrogen (secondary N) is 1. The summed E-state index contributed by atoms with van der Waals surface area (Å²) >= 11 is 7.29. The number of halogens is 1. The zero-order valence-corrected chi connectivity index (χ0v) is 17.6. The fourth-order valence-electron chi connectivity index (χ4n) is 2.86. The van der Waals surface area contributed by atoms with Crippen LogP contribution in [0.1, 0.15) is 32.4 Å². The Hall–Kier alpha value is -2.31. The Kier molecular flexibility index (Phi) is 6.42. The summed E-state index contributed by atoms with van der Waals surface area (Å²) < 4.78 is 1.62. The molecule has 0 fully saturated rings. The largest absolute Gasteiger partial charge is 0.325 e. The number of fused-ring (bicyclic) bond motifs is 1. The highest BCUT2D eigenvalue weighted by Crippen LogP contribution is 2.23. The molecule has 1 amide bonds. The van der Waals surface area contributed by atoms with Crippen LogP contribution in [0.15, 0.2) is 52.4 Å². The first-order valence-electron chi connectivity index (χ1n) is 9.12. The van der Waals surface area contributed by atoms with Gasteiger partial charge in [0.1, 0.15) is 0 Å². The third kappa shape index (κ3) is 4.56. The first-order chi connectivity index (χ1) is 13.4. The van der Waals surface area contributed by atoms with Crippen molar-refractivity contribution in [3.8, 4) is 0 Å². The molecule has 7 heteroatoms. The summed E-state index contributed by atoms with van der Waals surface area (Å²) in [4.78, 5) is 29.8. The van der Waals surface area contributed by atoms with E-state index in [2.05, 4.69) is 17.2 Å². The van der Waals surface area contributed by atoms with Gasteiger partial charge in [-0.05, 0) is 56.2 Å². The SMILES string of the molecule is CCc1ccc(NC(=O)CSc2nc3cc(Cl)ccc3c(=O)n2C(C)C)cc1. The molecule has 0 bridgehead atoms. The Morgan fingerprint density at radius 2 is 1.93 bits per heavy atom. The zero-order valence-electron chi connectivity index (χ0n) is 16.0. The van der Waals surface area contributed by atoms with Gasteiger partial charge in [0.05, 0.1) is 16.7 Å². The highest BCUT2D eigenvalue weighted by Gasteiger charge is 2.15. The summed E-state index contributed by atoms with van der Waals surface area (Å²) in [5.74, 6) is 0.00538. The van der Waals surface area contributed by atoms with Crippen molar-refractivity contribution in [2.75, 3.05) is 11.1 Å². The smallest absolute Gasteiger partial charge is 0.262 e. The van der Waals surface area contributed by atoms with Crippen molar-refractivity contribution >= 4 is 45.9 Å². The van der Waals surface area contributed by atoms with Crippen molar-refractivity contribution in [1.29, 1.82) is 0 Å². The number of hydrogen-bond acceptors (Lipinski definition) is 4. The molecular formula is C21H22ClN3O2S. The molecule has 3 rings (SSSR count). The van der Waals surface area contributed by atoms with Crippen LogP contribution in [0.2, 0.25) is 5.02 Å². The topological polar surface area (TPSA) is 64.0 Å². The molecular weight excluding hydrogens is 394 g/mol. The minimum absolute atomic E-state index is 0.0766. The maximum absolute atomic E-state index is 12.9. The normalized spacial score (nSPS) is 11.2. The average Bonchev–Trinajstić information content (AvgIpc) is 2.66. The van der Waals surface area contributed by atoms with Crippen LogP contribution in [0.3, 0.4) is 0 Å². The molecule has 0 saturated heterocycles. The standard InChI is InChI=1S/C21H22ClN3O2S/c1-4-14-5-8-16(9-6-14)23-19(26)12-28-21-24-18-11-15(22)7-10-17(18)20(27)25(21)13(2)3/h5-11,13H,4,12H2,1-3H3,(H,23,26). The van der Waals surface area contributed by atoms with E-state index in [1.165, 1.54) is 17.3 Å². The predicted octanol–water partition coefficient (Wildman–Crippen LogP) is 4.92. The van der Waals surface area contributed by atoms with E-state index in [0.29, 0.717) is 21.1 Å². The molecule has 0 spiro atoms. The molecule has 28 heavy (non-hydrogen) atoms. The zero-order chi connectivity index (χ0) is 20.3. The summed E-state index contributed by atoms with van der Waals surface area (Å²) in [5, 5.41) is 4.42. The Labute approximate surface area is 173 Å². The molecule has 2 aromatic carbocycles. The Balaban J connectivity index is 1.81. The maximum atomic E-state index is 12.9. The number of aryl methyl sites for hydroxylation is 1. The summed E-state index contributed by atoms with van der Waals surface area (Å²) in [6, 6.07) is 12.7. The van der Waals surface area contributed by atoms with Crippen molar-refractivity contribution < 1.29 is 4.79 Å². The van der Waals surface area contributed by atoms with Crippen LogP contribution in [-0.4, -0.2) is 21.2 Å². The lowest BCUT2D eigenvalue weighted by atomic mass is 10.1. The number of rotatable bonds is 6. The van der Waals surface area contributed by atoms with Crippen LogP contribution in [-0.2, 0) is 11.2 Å². The highest BCUT2D eigenvalue weighted by atomic mass is 35.5. The molecule has 0 saturated carbocycles. The summed E-state index contributed by atoms with van der Waals surface area (Å²) in [5.41, 5.74) is 2.37. The van der Waals surface area contributed by atoms with Crippen LogP contribution >= 0.6 is 23.4 Å².